The van der Waals surface area contributed by atoms with E-state index in [2.05, 4.69) is 38.2 Å². The van der Waals surface area contributed by atoms with E-state index in [1.807, 2.05) is 13.0 Å². The minimum atomic E-state index is -0.737. The van der Waals surface area contributed by atoms with Crippen LogP contribution in [0.25, 0.3) is 0 Å². The van der Waals surface area contributed by atoms with Crippen molar-refractivity contribution < 1.29 is 9.53 Å². The molecule has 3 N–H and O–H groups in total. The number of primary amides is 1. The number of amides is 1. The quantitative estimate of drug-likeness (QED) is 0.847. The van der Waals surface area contributed by atoms with Gasteiger partial charge in [-0.3, -0.25) is 4.79 Å². The third-order valence-corrected chi connectivity index (χ3v) is 4.00. The number of carbonyl (C=O) groups excluding carboxylic acids is 1. The van der Waals surface area contributed by atoms with E-state index in [1.54, 1.807) is 14.0 Å². The number of likely N-dealkylation sites (N-methyl/N-ethyl adjacent to an activating group) is 1. The molecule has 4 heteroatoms. The van der Waals surface area contributed by atoms with E-state index in [0.29, 0.717) is 13.0 Å². The summed E-state index contributed by atoms with van der Waals surface area (Å²) in [5.41, 5.74) is 7.18. The van der Waals surface area contributed by atoms with Gasteiger partial charge in [-0.1, -0.05) is 32.9 Å². The molecule has 1 atom stereocenters. The smallest absolute Gasteiger partial charge is 0.237 e. The summed E-state index contributed by atoms with van der Waals surface area (Å²) in [4.78, 5) is 11.4. The topological polar surface area (TPSA) is 64.3 Å². The number of hydrogen-bond donors (Lipinski definition) is 2. The number of nitrogens with two attached hydrogens (primary N) is 1. The molecule has 0 saturated carbocycles. The van der Waals surface area contributed by atoms with Crippen molar-refractivity contribution in [1.82, 2.24) is 5.32 Å². The summed E-state index contributed by atoms with van der Waals surface area (Å²) in [7, 11) is 1.73. The summed E-state index contributed by atoms with van der Waals surface area (Å²) >= 11 is 0. The molecule has 0 fully saturated rings. The molecule has 0 aromatic heterocycles. The molecule has 0 aliphatic rings. The summed E-state index contributed by atoms with van der Waals surface area (Å²) < 4.78 is 5.80. The molecular formula is C17H28N2O2. The normalized spacial score (nSPS) is 14.6. The van der Waals surface area contributed by atoms with Crippen molar-refractivity contribution in [3.63, 3.8) is 0 Å². The second kappa shape index (κ2) is 6.48. The fourth-order valence-corrected chi connectivity index (χ4v) is 2.01. The van der Waals surface area contributed by atoms with E-state index in [9.17, 15) is 4.79 Å². The van der Waals surface area contributed by atoms with Gasteiger partial charge in [-0.2, -0.15) is 0 Å². The van der Waals surface area contributed by atoms with Crippen LogP contribution < -0.4 is 15.8 Å². The van der Waals surface area contributed by atoms with Crippen LogP contribution >= 0.6 is 0 Å². The van der Waals surface area contributed by atoms with Gasteiger partial charge in [-0.25, -0.2) is 0 Å². The van der Waals surface area contributed by atoms with Crippen molar-refractivity contribution in [2.24, 2.45) is 5.73 Å². The average Bonchev–Trinajstić information content (AvgIpc) is 2.38. The van der Waals surface area contributed by atoms with Gasteiger partial charge in [0.25, 0.3) is 0 Å². The molecular weight excluding hydrogens is 264 g/mol. The van der Waals surface area contributed by atoms with Crippen LogP contribution in [-0.4, -0.2) is 25.1 Å². The summed E-state index contributed by atoms with van der Waals surface area (Å²) in [5, 5.41) is 2.95. The molecule has 1 amide bonds. The largest absolute Gasteiger partial charge is 0.493 e. The van der Waals surface area contributed by atoms with E-state index in [1.165, 1.54) is 5.56 Å². The van der Waals surface area contributed by atoms with Crippen LogP contribution in [0, 0.1) is 6.92 Å². The monoisotopic (exact) mass is 292 g/mol. The second-order valence-corrected chi connectivity index (χ2v) is 6.78. The highest BCUT2D eigenvalue weighted by Gasteiger charge is 2.28. The number of rotatable bonds is 6. The Morgan fingerprint density at radius 3 is 2.33 bits per heavy atom. The highest BCUT2D eigenvalue weighted by Crippen LogP contribution is 2.27. The lowest BCUT2D eigenvalue weighted by Gasteiger charge is -2.25. The molecule has 4 nitrogen and oxygen atoms in total. The number of benzene rings is 1. The Labute approximate surface area is 128 Å². The van der Waals surface area contributed by atoms with Crippen LogP contribution in [0.15, 0.2) is 18.2 Å². The fraction of sp³-hybridized carbons (Fsp3) is 0.588. The van der Waals surface area contributed by atoms with Crippen LogP contribution in [0.2, 0.25) is 0 Å². The SMILES string of the molecule is CNC(C)(CCOc1ccc(C(C)(C)C)cc1C)C(N)=O. The van der Waals surface area contributed by atoms with Crippen LogP contribution in [-0.2, 0) is 10.2 Å². The maximum Gasteiger partial charge on any atom is 0.237 e. The zero-order chi connectivity index (χ0) is 16.3. The molecule has 0 saturated heterocycles. The molecule has 0 heterocycles. The first-order valence-corrected chi connectivity index (χ1v) is 7.33. The molecule has 1 rings (SSSR count). The van der Waals surface area contributed by atoms with Gasteiger partial charge in [0, 0.05) is 6.42 Å². The maximum atomic E-state index is 11.4. The standard InChI is InChI=1S/C17H28N2O2/c1-12-11-13(16(2,3)4)7-8-14(12)21-10-9-17(5,19-6)15(18)20/h7-8,11,19H,9-10H2,1-6H3,(H2,18,20). The first-order chi connectivity index (χ1) is 9.60. The molecule has 21 heavy (non-hydrogen) atoms. The minimum Gasteiger partial charge on any atom is -0.493 e. The van der Waals surface area contributed by atoms with Crippen molar-refractivity contribution in [2.45, 2.75) is 52.0 Å². The summed E-state index contributed by atoms with van der Waals surface area (Å²) in [5.74, 6) is 0.485. The highest BCUT2D eigenvalue weighted by atomic mass is 16.5. The van der Waals surface area contributed by atoms with Crippen molar-refractivity contribution in [3.8, 4) is 5.75 Å². The van der Waals surface area contributed by atoms with Gasteiger partial charge in [0.05, 0.1) is 12.1 Å². The zero-order valence-corrected chi connectivity index (χ0v) is 14.0. The molecule has 0 bridgehead atoms. The highest BCUT2D eigenvalue weighted by molar-refractivity contribution is 5.84. The molecule has 0 spiro atoms. The van der Waals surface area contributed by atoms with E-state index >= 15 is 0 Å². The Morgan fingerprint density at radius 1 is 1.29 bits per heavy atom. The molecule has 1 unspecified atom stereocenters. The molecule has 0 radical (unpaired) electrons. The van der Waals surface area contributed by atoms with E-state index in [-0.39, 0.29) is 11.3 Å². The number of ether oxygens (including phenoxy) is 1. The van der Waals surface area contributed by atoms with Crippen molar-refractivity contribution in [2.75, 3.05) is 13.7 Å². The first-order valence-electron chi connectivity index (χ1n) is 7.33. The number of nitrogens with one attached hydrogen (secondary N) is 1. The van der Waals surface area contributed by atoms with Gasteiger partial charge in [0.15, 0.2) is 0 Å². The lowest BCUT2D eigenvalue weighted by molar-refractivity contribution is -0.124. The van der Waals surface area contributed by atoms with E-state index in [4.69, 9.17) is 10.5 Å². The van der Waals surface area contributed by atoms with Gasteiger partial charge in [-0.05, 0) is 43.5 Å². The fourth-order valence-electron chi connectivity index (χ4n) is 2.01. The number of carbonyl (C=O) groups is 1. The summed E-state index contributed by atoms with van der Waals surface area (Å²) in [6, 6.07) is 6.24. The van der Waals surface area contributed by atoms with Crippen LogP contribution in [0.4, 0.5) is 0 Å². The lowest BCUT2D eigenvalue weighted by Crippen LogP contribution is -2.52. The Kier molecular flexibility index (Phi) is 5.40. The van der Waals surface area contributed by atoms with E-state index in [0.717, 1.165) is 11.3 Å². The van der Waals surface area contributed by atoms with Crippen LogP contribution in [0.1, 0.15) is 45.2 Å². The predicted molar refractivity (Wildman–Crippen MR) is 86.7 cm³/mol. The van der Waals surface area contributed by atoms with Gasteiger partial charge in [0.1, 0.15) is 5.75 Å². The molecule has 0 aliphatic carbocycles. The van der Waals surface area contributed by atoms with Gasteiger partial charge in [0.2, 0.25) is 5.91 Å². The second-order valence-electron chi connectivity index (χ2n) is 6.78. The van der Waals surface area contributed by atoms with Gasteiger partial charge in [-0.15, -0.1) is 0 Å². The Hall–Kier alpha value is -1.55. The van der Waals surface area contributed by atoms with Crippen LogP contribution in [0.3, 0.4) is 0 Å². The Morgan fingerprint density at radius 2 is 1.90 bits per heavy atom. The van der Waals surface area contributed by atoms with Crippen molar-refractivity contribution in [3.05, 3.63) is 29.3 Å². The van der Waals surface area contributed by atoms with Crippen molar-refractivity contribution in [1.29, 1.82) is 0 Å². The van der Waals surface area contributed by atoms with Gasteiger partial charge >= 0.3 is 0 Å². The molecule has 0 aliphatic heterocycles. The van der Waals surface area contributed by atoms with Crippen LogP contribution in [0.5, 0.6) is 5.75 Å². The third-order valence-electron chi connectivity index (χ3n) is 4.00. The first kappa shape index (κ1) is 17.5. The third kappa shape index (κ3) is 4.46. The summed E-state index contributed by atoms with van der Waals surface area (Å²) in [6.45, 7) is 10.8. The average molecular weight is 292 g/mol. The van der Waals surface area contributed by atoms with Gasteiger partial charge < -0.3 is 15.8 Å². The Balaban J connectivity index is 2.71. The maximum absolute atomic E-state index is 11.4. The number of hydrogen-bond acceptors (Lipinski definition) is 3. The minimum absolute atomic E-state index is 0.125. The molecule has 1 aromatic rings. The Bertz CT molecular complexity index is 506. The summed E-state index contributed by atoms with van der Waals surface area (Å²) in [6.07, 6.45) is 0.527. The number of aryl methyl sites for hydroxylation is 1. The molecule has 1 aromatic carbocycles. The lowest BCUT2D eigenvalue weighted by atomic mass is 9.86. The van der Waals surface area contributed by atoms with Crippen molar-refractivity contribution >= 4 is 5.91 Å². The zero-order valence-electron chi connectivity index (χ0n) is 14.0. The molecule has 118 valence electrons. The predicted octanol–water partition coefficient (Wildman–Crippen LogP) is 2.52. The van der Waals surface area contributed by atoms with E-state index < -0.39 is 5.54 Å².